The molecule has 3 N–H and O–H groups in total. The van der Waals surface area contributed by atoms with Crippen LogP contribution >= 0.6 is 0 Å². The number of hydrogen-bond donors (Lipinski definition) is 2. The van der Waals surface area contributed by atoms with Crippen molar-refractivity contribution in [3.8, 4) is 5.95 Å². The van der Waals surface area contributed by atoms with E-state index in [9.17, 15) is 0 Å². The van der Waals surface area contributed by atoms with E-state index in [1.54, 1.807) is 0 Å². The number of hydrogen-bond acceptors (Lipinski definition) is 7. The largest absolute Gasteiger partial charge is 0.368 e. The Labute approximate surface area is 123 Å². The van der Waals surface area contributed by atoms with Crippen LogP contribution in [0.2, 0.25) is 0 Å². The van der Waals surface area contributed by atoms with Crippen molar-refractivity contribution >= 4 is 11.9 Å². The van der Waals surface area contributed by atoms with E-state index < -0.39 is 0 Å². The summed E-state index contributed by atoms with van der Waals surface area (Å²) in [7, 11) is 0. The third kappa shape index (κ3) is 2.93. The lowest BCUT2D eigenvalue weighted by molar-refractivity contribution is 0.252. The fourth-order valence-electron chi connectivity index (χ4n) is 2.81. The highest BCUT2D eigenvalue weighted by Gasteiger charge is 2.27. The van der Waals surface area contributed by atoms with Gasteiger partial charge in [-0.15, -0.1) is 0 Å². The minimum atomic E-state index is 0.175. The second-order valence-corrected chi connectivity index (χ2v) is 5.68. The average molecular weight is 288 g/mol. The van der Waals surface area contributed by atoms with Crippen molar-refractivity contribution in [1.29, 1.82) is 0 Å². The molecule has 1 fully saturated rings. The van der Waals surface area contributed by atoms with Gasteiger partial charge in [0.05, 0.1) is 0 Å². The van der Waals surface area contributed by atoms with Gasteiger partial charge in [-0.1, -0.05) is 26.7 Å². The normalized spacial score (nSPS) is 25.7. The van der Waals surface area contributed by atoms with E-state index in [-0.39, 0.29) is 5.95 Å². The lowest BCUT2D eigenvalue weighted by Gasteiger charge is -2.34. The maximum Gasteiger partial charge on any atom is 0.258 e. The molecule has 8 heteroatoms. The first-order valence-electron chi connectivity index (χ1n) is 7.26. The fourth-order valence-corrected chi connectivity index (χ4v) is 2.81. The maximum atomic E-state index is 5.77. The molecule has 3 unspecified atom stereocenters. The van der Waals surface area contributed by atoms with Crippen molar-refractivity contribution in [2.75, 3.05) is 11.1 Å². The molecule has 2 aromatic heterocycles. The molecule has 1 aliphatic carbocycles. The quantitative estimate of drug-likeness (QED) is 0.875. The summed E-state index contributed by atoms with van der Waals surface area (Å²) in [5.41, 5.74) is 5.77. The van der Waals surface area contributed by atoms with Crippen LogP contribution in [0.1, 0.15) is 33.1 Å². The summed E-state index contributed by atoms with van der Waals surface area (Å²) in [5, 5.41) is 7.41. The number of nitrogens with two attached hydrogens (primary N) is 1. The summed E-state index contributed by atoms with van der Waals surface area (Å²) in [5.74, 6) is 2.32. The van der Waals surface area contributed by atoms with E-state index in [0.29, 0.717) is 29.8 Å². The Morgan fingerprint density at radius 1 is 1.24 bits per heavy atom. The summed E-state index contributed by atoms with van der Waals surface area (Å²) in [6.45, 7) is 4.56. The van der Waals surface area contributed by atoms with Gasteiger partial charge in [-0.25, -0.2) is 4.98 Å². The molecule has 0 spiro atoms. The third-order valence-corrected chi connectivity index (χ3v) is 4.29. The first kappa shape index (κ1) is 13.7. The van der Waals surface area contributed by atoms with Crippen LogP contribution in [0.15, 0.2) is 12.7 Å². The zero-order chi connectivity index (χ0) is 14.8. The van der Waals surface area contributed by atoms with Crippen molar-refractivity contribution in [3.63, 3.8) is 0 Å². The highest BCUT2D eigenvalue weighted by molar-refractivity contribution is 5.35. The van der Waals surface area contributed by atoms with Gasteiger partial charge in [-0.05, 0) is 18.3 Å². The smallest absolute Gasteiger partial charge is 0.258 e. The van der Waals surface area contributed by atoms with E-state index in [0.717, 1.165) is 6.42 Å². The third-order valence-electron chi connectivity index (χ3n) is 4.29. The van der Waals surface area contributed by atoms with Gasteiger partial charge in [0.15, 0.2) is 0 Å². The highest BCUT2D eigenvalue weighted by atomic mass is 15.4. The highest BCUT2D eigenvalue weighted by Crippen LogP contribution is 2.31. The molecular formula is C13H20N8. The van der Waals surface area contributed by atoms with Crippen molar-refractivity contribution in [2.45, 2.75) is 39.2 Å². The van der Waals surface area contributed by atoms with Crippen molar-refractivity contribution in [1.82, 2.24) is 29.7 Å². The Balaban J connectivity index is 1.82. The van der Waals surface area contributed by atoms with Crippen LogP contribution in [-0.4, -0.2) is 35.8 Å². The summed E-state index contributed by atoms with van der Waals surface area (Å²) >= 11 is 0. The molecule has 3 rings (SSSR count). The lowest BCUT2D eigenvalue weighted by atomic mass is 9.78. The molecule has 8 nitrogen and oxygen atoms in total. The molecule has 0 aromatic carbocycles. The van der Waals surface area contributed by atoms with Gasteiger partial charge in [-0.2, -0.15) is 24.7 Å². The van der Waals surface area contributed by atoms with Gasteiger partial charge in [0.2, 0.25) is 11.9 Å². The average Bonchev–Trinajstić information content (AvgIpc) is 2.97. The molecule has 21 heavy (non-hydrogen) atoms. The van der Waals surface area contributed by atoms with Crippen LogP contribution in [0, 0.1) is 11.8 Å². The Kier molecular flexibility index (Phi) is 3.68. The van der Waals surface area contributed by atoms with Crippen LogP contribution < -0.4 is 11.1 Å². The lowest BCUT2D eigenvalue weighted by Crippen LogP contribution is -2.35. The van der Waals surface area contributed by atoms with Crippen LogP contribution in [-0.2, 0) is 0 Å². The molecular weight excluding hydrogens is 268 g/mol. The Morgan fingerprint density at radius 3 is 2.86 bits per heavy atom. The molecule has 0 amide bonds. The van der Waals surface area contributed by atoms with E-state index in [1.165, 1.54) is 30.2 Å². The van der Waals surface area contributed by atoms with Crippen LogP contribution in [0.4, 0.5) is 11.9 Å². The second kappa shape index (κ2) is 5.63. The summed E-state index contributed by atoms with van der Waals surface area (Å²) in [6, 6.07) is 0.360. The predicted molar refractivity (Wildman–Crippen MR) is 78.7 cm³/mol. The molecule has 3 atom stereocenters. The fraction of sp³-hybridized carbons (Fsp3) is 0.615. The van der Waals surface area contributed by atoms with Crippen molar-refractivity contribution < 1.29 is 0 Å². The van der Waals surface area contributed by atoms with Gasteiger partial charge in [0.1, 0.15) is 12.7 Å². The van der Waals surface area contributed by atoms with Gasteiger partial charge < -0.3 is 11.1 Å². The van der Waals surface area contributed by atoms with Crippen LogP contribution in [0.5, 0.6) is 0 Å². The zero-order valence-electron chi connectivity index (χ0n) is 12.3. The number of rotatable bonds is 3. The summed E-state index contributed by atoms with van der Waals surface area (Å²) in [6.07, 6.45) is 6.58. The summed E-state index contributed by atoms with van der Waals surface area (Å²) in [4.78, 5) is 16.5. The zero-order valence-corrected chi connectivity index (χ0v) is 12.3. The van der Waals surface area contributed by atoms with Gasteiger partial charge >= 0.3 is 0 Å². The Morgan fingerprint density at radius 2 is 2.10 bits per heavy atom. The first-order chi connectivity index (χ1) is 10.1. The minimum absolute atomic E-state index is 0.175. The molecule has 0 radical (unpaired) electrons. The monoisotopic (exact) mass is 288 g/mol. The van der Waals surface area contributed by atoms with E-state index >= 15 is 0 Å². The predicted octanol–water partition coefficient (Wildman–Crippen LogP) is 1.27. The number of nitrogens with zero attached hydrogens (tertiary/aromatic N) is 6. The van der Waals surface area contributed by atoms with Gasteiger partial charge in [-0.3, -0.25) is 0 Å². The minimum Gasteiger partial charge on any atom is -0.368 e. The Bertz CT molecular complexity index is 596. The van der Waals surface area contributed by atoms with E-state index in [2.05, 4.69) is 44.2 Å². The number of nitrogens with one attached hydrogen (secondary N) is 1. The Hall–Kier alpha value is -2.25. The molecule has 1 saturated carbocycles. The number of aromatic nitrogens is 6. The summed E-state index contributed by atoms with van der Waals surface area (Å²) < 4.78 is 1.47. The topological polar surface area (TPSA) is 107 Å². The van der Waals surface area contributed by atoms with Gasteiger partial charge in [0.25, 0.3) is 5.95 Å². The molecule has 2 heterocycles. The maximum absolute atomic E-state index is 5.77. The van der Waals surface area contributed by atoms with Crippen molar-refractivity contribution in [3.05, 3.63) is 12.7 Å². The molecule has 0 aliphatic heterocycles. The van der Waals surface area contributed by atoms with Gasteiger partial charge in [0, 0.05) is 6.04 Å². The molecule has 0 saturated heterocycles. The number of nitrogen functional groups attached to an aromatic ring is 1. The number of anilines is 2. The van der Waals surface area contributed by atoms with Crippen LogP contribution in [0.3, 0.4) is 0 Å². The second-order valence-electron chi connectivity index (χ2n) is 5.68. The SMILES string of the molecule is CC1CCCC(Nc2nc(N)nc(-n3cncn3)n2)C1C. The standard InChI is InChI=1S/C13H20N8/c1-8-4-3-5-10(9(8)2)17-12-18-11(14)19-13(20-12)21-7-15-6-16-21/h6-10H,3-5H2,1-2H3,(H3,14,17,18,19,20). The molecule has 112 valence electrons. The van der Waals surface area contributed by atoms with E-state index in [4.69, 9.17) is 5.73 Å². The molecule has 2 aromatic rings. The van der Waals surface area contributed by atoms with E-state index in [1.807, 2.05) is 0 Å². The van der Waals surface area contributed by atoms with Crippen molar-refractivity contribution in [2.24, 2.45) is 11.8 Å². The molecule has 0 bridgehead atoms. The first-order valence-corrected chi connectivity index (χ1v) is 7.26. The van der Waals surface area contributed by atoms with Crippen LogP contribution in [0.25, 0.3) is 5.95 Å². The molecule has 1 aliphatic rings.